The third-order valence-electron chi connectivity index (χ3n) is 6.47. The van der Waals surface area contributed by atoms with Gasteiger partial charge in [-0.05, 0) is 19.9 Å². The first kappa shape index (κ1) is 22.7. The molecule has 0 saturated heterocycles. The summed E-state index contributed by atoms with van der Waals surface area (Å²) in [6.45, 7) is 5.29. The van der Waals surface area contributed by atoms with Crippen molar-refractivity contribution in [3.8, 4) is 0 Å². The Labute approximate surface area is 180 Å². The van der Waals surface area contributed by atoms with E-state index in [9.17, 15) is 0 Å². The van der Waals surface area contributed by atoms with E-state index in [2.05, 4.69) is 74.5 Å². The van der Waals surface area contributed by atoms with E-state index in [0.717, 1.165) is 34.8 Å². The van der Waals surface area contributed by atoms with E-state index < -0.39 is 8.07 Å². The van der Waals surface area contributed by atoms with Crippen molar-refractivity contribution in [1.29, 1.82) is 0 Å². The first-order valence-corrected chi connectivity index (χ1v) is 11.7. The van der Waals surface area contributed by atoms with Crippen molar-refractivity contribution < 1.29 is 51.0 Å². The molecule has 6 unspecified atom stereocenters. The van der Waals surface area contributed by atoms with Gasteiger partial charge in [-0.25, -0.2) is 0 Å². The zero-order valence-corrected chi connectivity index (χ0v) is 19.4. The molecule has 4 heteroatoms. The molecule has 24 heavy (non-hydrogen) atoms. The molecular weight excluding hydrogens is 430 g/mol. The fourth-order valence-electron chi connectivity index (χ4n) is 4.88. The average molecular weight is 457 g/mol. The van der Waals surface area contributed by atoms with Crippen molar-refractivity contribution in [3.05, 3.63) is 61.4 Å². The predicted octanol–water partition coefficient (Wildman–Crippen LogP) is -0.627. The van der Waals surface area contributed by atoms with Gasteiger partial charge in [0.15, 0.2) is 0 Å². The smallest absolute Gasteiger partial charge is 1.00 e. The van der Waals surface area contributed by atoms with E-state index in [1.54, 1.807) is 0 Å². The summed E-state index contributed by atoms with van der Waals surface area (Å²) in [7, 11) is -1.26. The number of hydrogen-bond acceptors (Lipinski definition) is 0. The number of hydrogen-bond donors (Lipinski definition) is 0. The summed E-state index contributed by atoms with van der Waals surface area (Å²) in [4.78, 5) is 0. The fraction of sp³-hybridized carbons (Fsp3) is 0.500. The van der Waals surface area contributed by atoms with E-state index in [-0.39, 0.29) is 51.0 Å². The number of allylic oxidation sites excluding steroid dienone is 8. The minimum Gasteiger partial charge on any atom is -1.00 e. The van der Waals surface area contributed by atoms with Gasteiger partial charge in [-0.15, -0.1) is 24.0 Å². The Bertz CT molecular complexity index is 452. The Morgan fingerprint density at radius 2 is 1.08 bits per heavy atom. The number of halogens is 2. The molecule has 4 rings (SSSR count). The largest absolute Gasteiger partial charge is 4.00 e. The van der Waals surface area contributed by atoms with Crippen LogP contribution in [-0.4, -0.2) is 8.07 Å². The SMILES string of the molecule is C[Si](C)(C1[CH-]C2C=CC=CC2C1)C1[CH-]C2C=CC=CC2C1.[Cl-].[Cl-].[Zr+4]. The molecule has 0 N–H and O–H groups in total. The summed E-state index contributed by atoms with van der Waals surface area (Å²) in [5, 5.41) is 0. The standard InChI is InChI=1S/C20H26Si.2ClH.Zr/c1-21(2,19-11-15-7-3-4-8-16(15)12-19)20-13-17-9-5-6-10-18(17)14-20;;;/h3-11,13,15-20H,12,14H2,1-2H3;2*1H;/q-2;;;+4/p-2. The first-order valence-electron chi connectivity index (χ1n) is 8.54. The van der Waals surface area contributed by atoms with Crippen LogP contribution >= 0.6 is 0 Å². The molecule has 4 aliphatic carbocycles. The number of rotatable bonds is 2. The summed E-state index contributed by atoms with van der Waals surface area (Å²) in [5.41, 5.74) is 1.77. The molecule has 0 radical (unpaired) electrons. The van der Waals surface area contributed by atoms with Crippen molar-refractivity contribution >= 4 is 8.07 Å². The summed E-state index contributed by atoms with van der Waals surface area (Å²) < 4.78 is 0. The molecule has 0 amide bonds. The van der Waals surface area contributed by atoms with Crippen LogP contribution in [0.5, 0.6) is 0 Å². The molecule has 4 aliphatic rings. The zero-order chi connectivity index (χ0) is 14.4. The molecule has 6 atom stereocenters. The monoisotopic (exact) mass is 454 g/mol. The molecular formula is C20H26Cl2SiZr. The Morgan fingerprint density at radius 3 is 1.46 bits per heavy atom. The Hall–Kier alpha value is 0.640. The molecule has 0 aromatic heterocycles. The maximum absolute atomic E-state index is 2.71. The van der Waals surface area contributed by atoms with Gasteiger partial charge in [-0.1, -0.05) is 62.4 Å². The molecule has 0 aromatic carbocycles. The summed E-state index contributed by atoms with van der Waals surface area (Å²) in [6.07, 6.45) is 26.9. The zero-order valence-electron chi connectivity index (χ0n) is 14.4. The minimum atomic E-state index is -1.26. The molecule has 0 spiro atoms. The molecule has 128 valence electrons. The summed E-state index contributed by atoms with van der Waals surface area (Å²) in [5.74, 6) is 3.01. The van der Waals surface area contributed by atoms with E-state index in [1.165, 1.54) is 12.8 Å². The van der Waals surface area contributed by atoms with E-state index in [0.29, 0.717) is 0 Å². The molecule has 2 fully saturated rings. The van der Waals surface area contributed by atoms with Gasteiger partial charge in [0.05, 0.1) is 0 Å². The van der Waals surface area contributed by atoms with E-state index in [1.807, 2.05) is 0 Å². The van der Waals surface area contributed by atoms with Gasteiger partial charge < -0.3 is 37.7 Å². The molecule has 0 bridgehead atoms. The van der Waals surface area contributed by atoms with Gasteiger partial charge in [0, 0.05) is 0 Å². The van der Waals surface area contributed by atoms with Crippen LogP contribution in [-0.2, 0) is 26.2 Å². The van der Waals surface area contributed by atoms with Crippen LogP contribution in [0.1, 0.15) is 12.8 Å². The second-order valence-electron chi connectivity index (χ2n) is 7.91. The van der Waals surface area contributed by atoms with Gasteiger partial charge in [0.1, 0.15) is 0 Å². The molecule has 2 saturated carbocycles. The molecule has 0 nitrogen and oxygen atoms in total. The number of fused-ring (bicyclic) bond motifs is 2. The van der Waals surface area contributed by atoms with Crippen molar-refractivity contribution in [3.63, 3.8) is 0 Å². The van der Waals surface area contributed by atoms with Crippen molar-refractivity contribution in [2.24, 2.45) is 23.7 Å². The van der Waals surface area contributed by atoms with Gasteiger partial charge >= 0.3 is 26.2 Å². The molecule has 0 heterocycles. The summed E-state index contributed by atoms with van der Waals surface area (Å²) in [6, 6.07) is 0. The third kappa shape index (κ3) is 4.13. The van der Waals surface area contributed by atoms with E-state index >= 15 is 0 Å². The normalized spacial score (nSPS) is 38.6. The van der Waals surface area contributed by atoms with E-state index in [4.69, 9.17) is 0 Å². The maximum Gasteiger partial charge on any atom is 4.00 e. The topological polar surface area (TPSA) is 0 Å². The third-order valence-corrected chi connectivity index (χ3v) is 11.1. The van der Waals surface area contributed by atoms with Crippen molar-refractivity contribution in [1.82, 2.24) is 0 Å². The Kier molecular flexibility index (Phi) is 8.53. The fourth-order valence-corrected chi connectivity index (χ4v) is 8.63. The predicted molar refractivity (Wildman–Crippen MR) is 93.3 cm³/mol. The van der Waals surface area contributed by atoms with Crippen LogP contribution in [0.15, 0.2) is 48.6 Å². The molecule has 0 aromatic rings. The van der Waals surface area contributed by atoms with Crippen molar-refractivity contribution in [2.45, 2.75) is 37.0 Å². The van der Waals surface area contributed by atoms with Crippen LogP contribution in [0, 0.1) is 36.5 Å². The Morgan fingerprint density at radius 1 is 0.708 bits per heavy atom. The van der Waals surface area contributed by atoms with Gasteiger partial charge in [-0.2, -0.15) is 11.1 Å². The average Bonchev–Trinajstić information content (AvgIpc) is 3.11. The minimum absolute atomic E-state index is 0. The van der Waals surface area contributed by atoms with Gasteiger partial charge in [-0.3, -0.25) is 0 Å². The van der Waals surface area contributed by atoms with Crippen LogP contribution in [0.2, 0.25) is 24.2 Å². The second kappa shape index (κ2) is 9.03. The second-order valence-corrected chi connectivity index (χ2v) is 13.0. The van der Waals surface area contributed by atoms with Gasteiger partial charge in [0.25, 0.3) is 0 Å². The maximum atomic E-state index is 2.71. The van der Waals surface area contributed by atoms with Crippen LogP contribution in [0.25, 0.3) is 0 Å². The van der Waals surface area contributed by atoms with Crippen LogP contribution in [0.4, 0.5) is 0 Å². The van der Waals surface area contributed by atoms with Crippen LogP contribution in [0.3, 0.4) is 0 Å². The van der Waals surface area contributed by atoms with Crippen LogP contribution < -0.4 is 24.8 Å². The van der Waals surface area contributed by atoms with Gasteiger partial charge in [0.2, 0.25) is 0 Å². The quantitative estimate of drug-likeness (QED) is 0.384. The summed E-state index contributed by atoms with van der Waals surface area (Å²) >= 11 is 0. The molecule has 0 aliphatic heterocycles. The first-order chi connectivity index (χ1) is 10.1. The van der Waals surface area contributed by atoms with Crippen molar-refractivity contribution in [2.75, 3.05) is 0 Å². The Balaban J connectivity index is 0.000000960.